The summed E-state index contributed by atoms with van der Waals surface area (Å²) in [5.74, 6) is -0.216. The van der Waals surface area contributed by atoms with E-state index in [0.717, 1.165) is 32.5 Å². The number of benzene rings is 1. The molecule has 102 valence electrons. The predicted octanol–water partition coefficient (Wildman–Crippen LogP) is 2.18. The Morgan fingerprint density at radius 1 is 1.33 bits per heavy atom. The molecule has 0 aliphatic heterocycles. The van der Waals surface area contributed by atoms with Gasteiger partial charge in [-0.15, -0.1) is 0 Å². The average Bonchev–Trinajstić information content (AvgIpc) is 2.37. The SMILES string of the molecule is COCCCN(C)CCC(N)c1ccccc1F. The van der Waals surface area contributed by atoms with E-state index in [0.29, 0.717) is 5.56 Å². The normalized spacial score (nSPS) is 12.9. The van der Waals surface area contributed by atoms with Crippen LogP contribution in [-0.4, -0.2) is 38.8 Å². The molecular weight excluding hydrogens is 231 g/mol. The smallest absolute Gasteiger partial charge is 0.127 e. The van der Waals surface area contributed by atoms with E-state index >= 15 is 0 Å². The molecule has 0 aliphatic rings. The fourth-order valence-electron chi connectivity index (χ4n) is 1.88. The van der Waals surface area contributed by atoms with Crippen LogP contribution >= 0.6 is 0 Å². The van der Waals surface area contributed by atoms with Gasteiger partial charge < -0.3 is 15.4 Å². The molecule has 1 unspecified atom stereocenters. The van der Waals surface area contributed by atoms with E-state index in [2.05, 4.69) is 4.90 Å². The largest absolute Gasteiger partial charge is 0.385 e. The number of methoxy groups -OCH3 is 1. The molecule has 1 atom stereocenters. The monoisotopic (exact) mass is 254 g/mol. The fraction of sp³-hybridized carbons (Fsp3) is 0.571. The van der Waals surface area contributed by atoms with Crippen LogP contribution in [0, 0.1) is 5.82 Å². The number of nitrogens with two attached hydrogens (primary N) is 1. The van der Waals surface area contributed by atoms with E-state index in [4.69, 9.17) is 10.5 Å². The second-order valence-electron chi connectivity index (χ2n) is 4.57. The van der Waals surface area contributed by atoms with Gasteiger partial charge in [0.2, 0.25) is 0 Å². The third kappa shape index (κ3) is 5.12. The predicted molar refractivity (Wildman–Crippen MR) is 71.9 cm³/mol. The van der Waals surface area contributed by atoms with Crippen molar-refractivity contribution in [2.75, 3.05) is 33.9 Å². The van der Waals surface area contributed by atoms with Crippen molar-refractivity contribution in [3.05, 3.63) is 35.6 Å². The van der Waals surface area contributed by atoms with Crippen molar-refractivity contribution in [2.24, 2.45) is 5.73 Å². The third-order valence-electron chi connectivity index (χ3n) is 3.01. The van der Waals surface area contributed by atoms with Crippen LogP contribution in [0.15, 0.2) is 24.3 Å². The van der Waals surface area contributed by atoms with E-state index in [1.807, 2.05) is 13.1 Å². The molecule has 0 saturated heterocycles. The fourth-order valence-corrected chi connectivity index (χ4v) is 1.88. The summed E-state index contributed by atoms with van der Waals surface area (Å²) in [7, 11) is 3.75. The summed E-state index contributed by atoms with van der Waals surface area (Å²) in [6.07, 6.45) is 1.76. The summed E-state index contributed by atoms with van der Waals surface area (Å²) < 4.78 is 18.5. The molecule has 0 heterocycles. The molecule has 18 heavy (non-hydrogen) atoms. The van der Waals surface area contributed by atoms with Crippen molar-refractivity contribution in [2.45, 2.75) is 18.9 Å². The molecule has 2 N–H and O–H groups in total. The third-order valence-corrected chi connectivity index (χ3v) is 3.01. The zero-order chi connectivity index (χ0) is 13.4. The van der Waals surface area contributed by atoms with Gasteiger partial charge in [0.05, 0.1) is 0 Å². The Labute approximate surface area is 109 Å². The maximum Gasteiger partial charge on any atom is 0.127 e. The molecule has 0 amide bonds. The minimum atomic E-state index is -0.240. The van der Waals surface area contributed by atoms with Crippen LogP contribution in [0.5, 0.6) is 0 Å². The molecule has 0 saturated carbocycles. The first-order chi connectivity index (χ1) is 8.65. The summed E-state index contributed by atoms with van der Waals surface area (Å²) >= 11 is 0. The number of hydrogen-bond acceptors (Lipinski definition) is 3. The maximum absolute atomic E-state index is 13.5. The highest BCUT2D eigenvalue weighted by atomic mass is 19.1. The molecule has 1 aromatic carbocycles. The Morgan fingerprint density at radius 2 is 2.06 bits per heavy atom. The molecule has 3 nitrogen and oxygen atoms in total. The Kier molecular flexibility index (Phi) is 6.86. The van der Waals surface area contributed by atoms with Crippen LogP contribution in [-0.2, 0) is 4.74 Å². The summed E-state index contributed by atoms with van der Waals surface area (Å²) in [6.45, 7) is 2.60. The Morgan fingerprint density at radius 3 is 2.72 bits per heavy atom. The van der Waals surface area contributed by atoms with E-state index < -0.39 is 0 Å². The van der Waals surface area contributed by atoms with Crippen molar-refractivity contribution < 1.29 is 9.13 Å². The molecule has 0 spiro atoms. The first-order valence-corrected chi connectivity index (χ1v) is 6.32. The van der Waals surface area contributed by atoms with Gasteiger partial charge in [0, 0.05) is 31.9 Å². The standard InChI is InChI=1S/C14H23FN2O/c1-17(9-5-11-18-2)10-8-14(16)12-6-3-4-7-13(12)15/h3-4,6-7,14H,5,8-11,16H2,1-2H3. The van der Waals surface area contributed by atoms with E-state index in [-0.39, 0.29) is 11.9 Å². The lowest BCUT2D eigenvalue weighted by molar-refractivity contribution is 0.178. The highest BCUT2D eigenvalue weighted by molar-refractivity contribution is 5.20. The Hall–Kier alpha value is -0.970. The summed E-state index contributed by atoms with van der Waals surface area (Å²) in [5, 5.41) is 0. The van der Waals surface area contributed by atoms with Gasteiger partial charge in [0.25, 0.3) is 0 Å². The Balaban J connectivity index is 2.32. The lowest BCUT2D eigenvalue weighted by Gasteiger charge is -2.19. The second kappa shape index (κ2) is 8.19. The number of nitrogens with zero attached hydrogens (tertiary/aromatic N) is 1. The number of rotatable bonds is 8. The summed E-state index contributed by atoms with van der Waals surface area (Å²) in [4.78, 5) is 2.19. The van der Waals surface area contributed by atoms with Gasteiger partial charge in [-0.1, -0.05) is 18.2 Å². The highest BCUT2D eigenvalue weighted by Crippen LogP contribution is 2.17. The van der Waals surface area contributed by atoms with Crippen molar-refractivity contribution in [3.63, 3.8) is 0 Å². The zero-order valence-corrected chi connectivity index (χ0v) is 11.2. The van der Waals surface area contributed by atoms with Crippen LogP contribution in [0.3, 0.4) is 0 Å². The lowest BCUT2D eigenvalue weighted by atomic mass is 10.0. The lowest BCUT2D eigenvalue weighted by Crippen LogP contribution is -2.25. The van der Waals surface area contributed by atoms with Gasteiger partial charge in [-0.25, -0.2) is 4.39 Å². The molecule has 1 rings (SSSR count). The van der Waals surface area contributed by atoms with Crippen LogP contribution in [0.4, 0.5) is 4.39 Å². The molecule has 0 aromatic heterocycles. The minimum absolute atomic E-state index is 0.216. The zero-order valence-electron chi connectivity index (χ0n) is 11.2. The molecule has 0 fully saturated rings. The van der Waals surface area contributed by atoms with Gasteiger partial charge >= 0.3 is 0 Å². The molecule has 1 aromatic rings. The van der Waals surface area contributed by atoms with Crippen LogP contribution < -0.4 is 5.73 Å². The summed E-state index contributed by atoms with van der Waals surface area (Å²) in [5.41, 5.74) is 6.61. The second-order valence-corrected chi connectivity index (χ2v) is 4.57. The summed E-state index contributed by atoms with van der Waals surface area (Å²) in [6, 6.07) is 6.47. The van der Waals surface area contributed by atoms with Crippen LogP contribution in [0.25, 0.3) is 0 Å². The molecular formula is C14H23FN2O. The maximum atomic E-state index is 13.5. The first-order valence-electron chi connectivity index (χ1n) is 6.32. The molecule has 4 heteroatoms. The van der Waals surface area contributed by atoms with E-state index in [9.17, 15) is 4.39 Å². The highest BCUT2D eigenvalue weighted by Gasteiger charge is 2.11. The van der Waals surface area contributed by atoms with E-state index in [1.54, 1.807) is 19.2 Å². The number of hydrogen-bond donors (Lipinski definition) is 1. The Bertz CT molecular complexity index is 346. The quantitative estimate of drug-likeness (QED) is 0.723. The van der Waals surface area contributed by atoms with Gasteiger partial charge in [-0.3, -0.25) is 0 Å². The van der Waals surface area contributed by atoms with Gasteiger partial charge in [0.1, 0.15) is 5.82 Å². The van der Waals surface area contributed by atoms with Gasteiger partial charge in [-0.2, -0.15) is 0 Å². The van der Waals surface area contributed by atoms with Crippen molar-refractivity contribution >= 4 is 0 Å². The average molecular weight is 254 g/mol. The van der Waals surface area contributed by atoms with Crippen molar-refractivity contribution in [3.8, 4) is 0 Å². The minimum Gasteiger partial charge on any atom is -0.385 e. The van der Waals surface area contributed by atoms with Gasteiger partial charge in [0.15, 0.2) is 0 Å². The molecule has 0 aliphatic carbocycles. The number of halogens is 1. The topological polar surface area (TPSA) is 38.5 Å². The number of ether oxygens (including phenoxy) is 1. The van der Waals surface area contributed by atoms with Crippen LogP contribution in [0.1, 0.15) is 24.4 Å². The van der Waals surface area contributed by atoms with Crippen LogP contribution in [0.2, 0.25) is 0 Å². The van der Waals surface area contributed by atoms with E-state index in [1.165, 1.54) is 6.07 Å². The molecule has 0 bridgehead atoms. The van der Waals surface area contributed by atoms with Gasteiger partial charge in [-0.05, 0) is 32.5 Å². The first kappa shape index (κ1) is 15.1. The molecule has 0 radical (unpaired) electrons. The van der Waals surface area contributed by atoms with Crippen molar-refractivity contribution in [1.82, 2.24) is 4.90 Å². The van der Waals surface area contributed by atoms with Crippen molar-refractivity contribution in [1.29, 1.82) is 0 Å².